The van der Waals surface area contributed by atoms with Crippen LogP contribution in [0.5, 0.6) is 5.75 Å². The number of nitrogens with one attached hydrogen (secondary N) is 1. The Hall–Kier alpha value is -1.43. The summed E-state index contributed by atoms with van der Waals surface area (Å²) in [7, 11) is 1.71. The molecule has 1 heterocycles. The fourth-order valence-corrected chi connectivity index (χ4v) is 2.69. The number of benzene rings is 1. The zero-order chi connectivity index (χ0) is 15.1. The largest absolute Gasteiger partial charge is 0.486 e. The molecule has 0 radical (unpaired) electrons. The Labute approximate surface area is 130 Å². The van der Waals surface area contributed by atoms with E-state index in [9.17, 15) is 0 Å². The van der Waals surface area contributed by atoms with Crippen LogP contribution in [0.4, 0.5) is 0 Å². The predicted octanol–water partition coefficient (Wildman–Crippen LogP) is 3.07. The molecular weight excluding hydrogens is 284 g/mol. The maximum absolute atomic E-state index is 5.87. The van der Waals surface area contributed by atoms with Crippen molar-refractivity contribution in [3.8, 4) is 5.75 Å². The Morgan fingerprint density at radius 3 is 2.95 bits per heavy atom. The first-order valence-electron chi connectivity index (χ1n) is 7.02. The average molecular weight is 306 g/mol. The van der Waals surface area contributed by atoms with E-state index in [2.05, 4.69) is 42.3 Å². The van der Waals surface area contributed by atoms with Gasteiger partial charge in [0.15, 0.2) is 0 Å². The van der Waals surface area contributed by atoms with Crippen molar-refractivity contribution in [3.63, 3.8) is 0 Å². The van der Waals surface area contributed by atoms with E-state index in [4.69, 9.17) is 9.47 Å². The molecular formula is C16H22N2O2S. The molecule has 4 nitrogen and oxygen atoms in total. The summed E-state index contributed by atoms with van der Waals surface area (Å²) in [5.74, 6) is 0.935. The van der Waals surface area contributed by atoms with E-state index in [1.807, 2.05) is 6.20 Å². The van der Waals surface area contributed by atoms with Crippen LogP contribution in [0.2, 0.25) is 0 Å². The molecule has 114 valence electrons. The van der Waals surface area contributed by atoms with Crippen LogP contribution in [0.25, 0.3) is 0 Å². The third kappa shape index (κ3) is 5.12. The second kappa shape index (κ2) is 8.12. The fourth-order valence-electron chi connectivity index (χ4n) is 1.88. The van der Waals surface area contributed by atoms with Crippen molar-refractivity contribution in [1.82, 2.24) is 10.3 Å². The summed E-state index contributed by atoms with van der Waals surface area (Å²) in [6, 6.07) is 6.24. The Morgan fingerprint density at radius 1 is 1.29 bits per heavy atom. The second-order valence-corrected chi connectivity index (χ2v) is 6.15. The van der Waals surface area contributed by atoms with E-state index in [0.717, 1.165) is 36.0 Å². The normalized spacial score (nSPS) is 10.8. The smallest absolute Gasteiger partial charge is 0.140 e. The number of methoxy groups -OCH3 is 1. The topological polar surface area (TPSA) is 43.4 Å². The number of ether oxygens (including phenoxy) is 2. The number of rotatable bonds is 8. The summed E-state index contributed by atoms with van der Waals surface area (Å²) in [4.78, 5) is 5.62. The number of thiazole rings is 1. The van der Waals surface area contributed by atoms with Crippen LogP contribution in [-0.2, 0) is 17.9 Å². The second-order valence-electron chi connectivity index (χ2n) is 4.95. The minimum absolute atomic E-state index is 0.521. The highest BCUT2D eigenvalue weighted by Crippen LogP contribution is 2.21. The lowest BCUT2D eigenvalue weighted by molar-refractivity contribution is 0.199. The summed E-state index contributed by atoms with van der Waals surface area (Å²) < 4.78 is 10.9. The SMILES string of the molecule is COCCNCc1cnc(COc2cc(C)ccc2C)s1. The molecule has 0 amide bonds. The fraction of sp³-hybridized carbons (Fsp3) is 0.438. The molecule has 0 bridgehead atoms. The molecule has 1 aromatic heterocycles. The van der Waals surface area contributed by atoms with Crippen molar-refractivity contribution < 1.29 is 9.47 Å². The van der Waals surface area contributed by atoms with E-state index in [0.29, 0.717) is 6.61 Å². The molecule has 0 spiro atoms. The van der Waals surface area contributed by atoms with Crippen molar-refractivity contribution >= 4 is 11.3 Å². The Bertz CT molecular complexity index is 569. The van der Waals surface area contributed by atoms with Crippen molar-refractivity contribution in [2.75, 3.05) is 20.3 Å². The number of nitrogens with zero attached hydrogens (tertiary/aromatic N) is 1. The molecule has 1 aromatic carbocycles. The molecule has 0 aliphatic carbocycles. The maximum atomic E-state index is 5.87. The van der Waals surface area contributed by atoms with Crippen LogP contribution < -0.4 is 10.1 Å². The first kappa shape index (κ1) is 15.9. The minimum atomic E-state index is 0.521. The zero-order valence-corrected chi connectivity index (χ0v) is 13.6. The van der Waals surface area contributed by atoms with E-state index >= 15 is 0 Å². The summed E-state index contributed by atoms with van der Waals surface area (Å²) >= 11 is 1.68. The lowest BCUT2D eigenvalue weighted by atomic mass is 10.1. The van der Waals surface area contributed by atoms with Gasteiger partial charge in [0, 0.05) is 31.3 Å². The molecule has 0 fully saturated rings. The molecule has 0 atom stereocenters. The van der Waals surface area contributed by atoms with Crippen molar-refractivity contribution in [2.24, 2.45) is 0 Å². The van der Waals surface area contributed by atoms with Gasteiger partial charge in [0.05, 0.1) is 6.61 Å². The number of aromatic nitrogens is 1. The Balaban J connectivity index is 1.83. The molecule has 0 unspecified atom stereocenters. The molecule has 21 heavy (non-hydrogen) atoms. The minimum Gasteiger partial charge on any atom is -0.486 e. The third-order valence-electron chi connectivity index (χ3n) is 3.08. The number of aryl methyl sites for hydroxylation is 2. The van der Waals surface area contributed by atoms with E-state index in [-0.39, 0.29) is 0 Å². The van der Waals surface area contributed by atoms with Crippen LogP contribution in [0, 0.1) is 13.8 Å². The first-order valence-corrected chi connectivity index (χ1v) is 7.84. The molecule has 5 heteroatoms. The van der Waals surface area contributed by atoms with E-state index in [1.54, 1.807) is 18.4 Å². The van der Waals surface area contributed by atoms with Crippen molar-refractivity contribution in [2.45, 2.75) is 27.0 Å². The van der Waals surface area contributed by atoms with Gasteiger partial charge in [-0.15, -0.1) is 11.3 Å². The van der Waals surface area contributed by atoms with Gasteiger partial charge in [-0.2, -0.15) is 0 Å². The van der Waals surface area contributed by atoms with Gasteiger partial charge in [0.1, 0.15) is 17.4 Å². The van der Waals surface area contributed by atoms with Gasteiger partial charge in [-0.25, -0.2) is 4.98 Å². The van der Waals surface area contributed by atoms with Crippen molar-refractivity contribution in [1.29, 1.82) is 0 Å². The van der Waals surface area contributed by atoms with Gasteiger partial charge in [0.25, 0.3) is 0 Å². The van der Waals surface area contributed by atoms with Crippen LogP contribution >= 0.6 is 11.3 Å². The summed E-state index contributed by atoms with van der Waals surface area (Å²) in [6.07, 6.45) is 1.91. The van der Waals surface area contributed by atoms with Crippen LogP contribution in [0.1, 0.15) is 21.0 Å². The van der Waals surface area contributed by atoms with Gasteiger partial charge < -0.3 is 14.8 Å². The van der Waals surface area contributed by atoms with E-state index in [1.165, 1.54) is 10.4 Å². The third-order valence-corrected chi connectivity index (χ3v) is 4.05. The molecule has 2 aromatic rings. The molecule has 0 aliphatic rings. The van der Waals surface area contributed by atoms with Crippen LogP contribution in [-0.4, -0.2) is 25.2 Å². The Kier molecular flexibility index (Phi) is 6.17. The highest BCUT2D eigenvalue weighted by Gasteiger charge is 2.05. The summed E-state index contributed by atoms with van der Waals surface area (Å²) in [6.45, 7) is 7.04. The van der Waals surface area contributed by atoms with Gasteiger partial charge in [-0.05, 0) is 31.0 Å². The van der Waals surface area contributed by atoms with Gasteiger partial charge in [0.2, 0.25) is 0 Å². The molecule has 0 saturated carbocycles. The molecule has 0 saturated heterocycles. The monoisotopic (exact) mass is 306 g/mol. The number of hydrogen-bond acceptors (Lipinski definition) is 5. The van der Waals surface area contributed by atoms with Gasteiger partial charge in [-0.3, -0.25) is 0 Å². The summed E-state index contributed by atoms with van der Waals surface area (Å²) in [5.41, 5.74) is 2.36. The lowest BCUT2D eigenvalue weighted by Crippen LogP contribution is -2.17. The van der Waals surface area contributed by atoms with Gasteiger partial charge >= 0.3 is 0 Å². The summed E-state index contributed by atoms with van der Waals surface area (Å²) in [5, 5.41) is 4.31. The quantitative estimate of drug-likeness (QED) is 0.761. The highest BCUT2D eigenvalue weighted by molar-refractivity contribution is 7.11. The van der Waals surface area contributed by atoms with E-state index < -0.39 is 0 Å². The average Bonchev–Trinajstić information content (AvgIpc) is 2.92. The van der Waals surface area contributed by atoms with Crippen LogP contribution in [0.3, 0.4) is 0 Å². The van der Waals surface area contributed by atoms with Gasteiger partial charge in [-0.1, -0.05) is 12.1 Å². The molecule has 1 N–H and O–H groups in total. The molecule has 0 aliphatic heterocycles. The lowest BCUT2D eigenvalue weighted by Gasteiger charge is -2.08. The maximum Gasteiger partial charge on any atom is 0.140 e. The Morgan fingerprint density at radius 2 is 2.14 bits per heavy atom. The predicted molar refractivity (Wildman–Crippen MR) is 85.9 cm³/mol. The molecule has 2 rings (SSSR count). The van der Waals surface area contributed by atoms with Crippen LogP contribution in [0.15, 0.2) is 24.4 Å². The van der Waals surface area contributed by atoms with Crippen molar-refractivity contribution in [3.05, 3.63) is 45.4 Å². The first-order chi connectivity index (χ1) is 10.2. The standard InChI is InChI=1S/C16H22N2O2S/c1-12-4-5-13(2)15(8-12)20-11-16-18-10-14(21-16)9-17-6-7-19-3/h4-5,8,10,17H,6-7,9,11H2,1-3H3. The zero-order valence-electron chi connectivity index (χ0n) is 12.8. The number of hydrogen-bond donors (Lipinski definition) is 1. The highest BCUT2D eigenvalue weighted by atomic mass is 32.1.